The molecule has 0 radical (unpaired) electrons. The second kappa shape index (κ2) is 7.76. The van der Waals surface area contributed by atoms with Gasteiger partial charge in [0.1, 0.15) is 0 Å². The van der Waals surface area contributed by atoms with Crippen molar-refractivity contribution in [1.82, 2.24) is 20.3 Å². The Kier molecular flexibility index (Phi) is 6.01. The van der Waals surface area contributed by atoms with Crippen LogP contribution >= 0.6 is 0 Å². The van der Waals surface area contributed by atoms with Crippen LogP contribution < -0.4 is 5.32 Å². The molecule has 1 aromatic heterocycles. The summed E-state index contributed by atoms with van der Waals surface area (Å²) in [6.45, 7) is 7.17. The van der Waals surface area contributed by atoms with E-state index in [4.69, 9.17) is 4.52 Å². The molecule has 0 bridgehead atoms. The van der Waals surface area contributed by atoms with Crippen molar-refractivity contribution in [3.8, 4) is 0 Å². The third kappa shape index (κ3) is 5.61. The summed E-state index contributed by atoms with van der Waals surface area (Å²) < 4.78 is 5.44. The maximum atomic E-state index is 5.44. The average molecular weight is 280 g/mol. The molecular formula is C15H28N4O. The predicted octanol–water partition coefficient (Wildman–Crippen LogP) is 1.70. The van der Waals surface area contributed by atoms with Crippen molar-refractivity contribution in [2.24, 2.45) is 0 Å². The van der Waals surface area contributed by atoms with Crippen LogP contribution in [0, 0.1) is 0 Å². The average Bonchev–Trinajstić information content (AvgIpc) is 3.14. The molecule has 1 aliphatic carbocycles. The van der Waals surface area contributed by atoms with Crippen molar-refractivity contribution in [1.29, 1.82) is 0 Å². The van der Waals surface area contributed by atoms with Crippen LogP contribution in [0.3, 0.4) is 0 Å². The van der Waals surface area contributed by atoms with Crippen LogP contribution in [0.5, 0.6) is 0 Å². The number of rotatable bonds is 10. The smallest absolute Gasteiger partial charge is 0.151 e. The summed E-state index contributed by atoms with van der Waals surface area (Å²) in [7, 11) is 4.23. The van der Waals surface area contributed by atoms with Crippen LogP contribution in [-0.2, 0) is 13.1 Å². The monoisotopic (exact) mass is 280 g/mol. The lowest BCUT2D eigenvalue weighted by atomic mass is 10.3. The lowest BCUT2D eigenvalue weighted by Gasteiger charge is -2.19. The fraction of sp³-hybridized carbons (Fsp3) is 0.800. The van der Waals surface area contributed by atoms with Gasteiger partial charge in [-0.05, 0) is 53.0 Å². The van der Waals surface area contributed by atoms with Gasteiger partial charge in [-0.1, -0.05) is 12.1 Å². The van der Waals surface area contributed by atoms with Gasteiger partial charge in [0.15, 0.2) is 5.76 Å². The minimum atomic E-state index is 0.716. The van der Waals surface area contributed by atoms with Gasteiger partial charge in [0.2, 0.25) is 0 Å². The van der Waals surface area contributed by atoms with Crippen molar-refractivity contribution in [3.05, 3.63) is 17.5 Å². The van der Waals surface area contributed by atoms with Crippen LogP contribution in [0.4, 0.5) is 0 Å². The second-order valence-electron chi connectivity index (χ2n) is 5.97. The highest BCUT2D eigenvalue weighted by Gasteiger charge is 2.20. The van der Waals surface area contributed by atoms with Crippen LogP contribution in [0.2, 0.25) is 0 Å². The summed E-state index contributed by atoms with van der Waals surface area (Å²) in [5.41, 5.74) is 1.02. The zero-order chi connectivity index (χ0) is 14.4. The molecule has 2 rings (SSSR count). The Morgan fingerprint density at radius 1 is 1.35 bits per heavy atom. The Bertz CT molecular complexity index is 387. The van der Waals surface area contributed by atoms with Gasteiger partial charge in [-0.2, -0.15) is 0 Å². The van der Waals surface area contributed by atoms with Crippen molar-refractivity contribution in [3.63, 3.8) is 0 Å². The van der Waals surface area contributed by atoms with Crippen molar-refractivity contribution in [2.45, 2.75) is 45.3 Å². The van der Waals surface area contributed by atoms with E-state index in [1.165, 1.54) is 19.3 Å². The SMILES string of the molecule is CCN(CCCN(C)C)Cc1cc(CNC2CC2)no1. The van der Waals surface area contributed by atoms with E-state index in [0.29, 0.717) is 6.04 Å². The highest BCUT2D eigenvalue weighted by atomic mass is 16.5. The molecule has 0 unspecified atom stereocenters. The van der Waals surface area contributed by atoms with Gasteiger partial charge in [0.25, 0.3) is 0 Å². The molecule has 0 aromatic carbocycles. The van der Waals surface area contributed by atoms with E-state index < -0.39 is 0 Å². The second-order valence-corrected chi connectivity index (χ2v) is 5.97. The number of nitrogens with zero attached hydrogens (tertiary/aromatic N) is 3. The standard InChI is InChI=1S/C15H28N4O/c1-4-19(9-5-8-18(2)3)12-15-10-14(17-20-15)11-16-13-6-7-13/h10,13,16H,4-9,11-12H2,1-3H3. The molecule has 114 valence electrons. The van der Waals surface area contributed by atoms with Crippen molar-refractivity contribution in [2.75, 3.05) is 33.7 Å². The summed E-state index contributed by atoms with van der Waals surface area (Å²) >= 11 is 0. The maximum absolute atomic E-state index is 5.44. The molecule has 0 saturated heterocycles. The summed E-state index contributed by atoms with van der Waals surface area (Å²) in [5, 5.41) is 7.60. The summed E-state index contributed by atoms with van der Waals surface area (Å²) in [6, 6.07) is 2.80. The Balaban J connectivity index is 1.71. The quantitative estimate of drug-likeness (QED) is 0.707. The number of nitrogens with one attached hydrogen (secondary N) is 1. The molecule has 0 atom stereocenters. The largest absolute Gasteiger partial charge is 0.360 e. The van der Waals surface area contributed by atoms with Gasteiger partial charge in [0.05, 0.1) is 12.2 Å². The van der Waals surface area contributed by atoms with Crippen LogP contribution in [0.15, 0.2) is 10.6 Å². The first kappa shape index (κ1) is 15.5. The molecule has 1 heterocycles. The molecule has 5 heteroatoms. The highest BCUT2D eigenvalue weighted by Crippen LogP contribution is 2.19. The Hall–Kier alpha value is -0.910. The first-order valence-electron chi connectivity index (χ1n) is 7.72. The van der Waals surface area contributed by atoms with E-state index >= 15 is 0 Å². The van der Waals surface area contributed by atoms with Crippen LogP contribution in [0.25, 0.3) is 0 Å². The number of hydrogen-bond donors (Lipinski definition) is 1. The Morgan fingerprint density at radius 3 is 2.80 bits per heavy atom. The number of hydrogen-bond acceptors (Lipinski definition) is 5. The third-order valence-corrected chi connectivity index (χ3v) is 3.66. The van der Waals surface area contributed by atoms with Gasteiger partial charge in [-0.25, -0.2) is 0 Å². The maximum Gasteiger partial charge on any atom is 0.151 e. The van der Waals surface area contributed by atoms with Gasteiger partial charge >= 0.3 is 0 Å². The molecule has 1 N–H and O–H groups in total. The van der Waals surface area contributed by atoms with Gasteiger partial charge < -0.3 is 14.7 Å². The van der Waals surface area contributed by atoms with Crippen molar-refractivity contribution >= 4 is 0 Å². The Labute approximate surface area is 122 Å². The molecule has 1 aromatic rings. The molecule has 1 saturated carbocycles. The highest BCUT2D eigenvalue weighted by molar-refractivity contribution is 5.05. The van der Waals surface area contributed by atoms with Crippen LogP contribution in [-0.4, -0.2) is 54.7 Å². The first-order chi connectivity index (χ1) is 9.67. The fourth-order valence-corrected chi connectivity index (χ4v) is 2.23. The van der Waals surface area contributed by atoms with Gasteiger partial charge in [-0.15, -0.1) is 0 Å². The summed E-state index contributed by atoms with van der Waals surface area (Å²) in [6.07, 6.45) is 3.80. The van der Waals surface area contributed by atoms with Gasteiger partial charge in [0, 0.05) is 18.7 Å². The van der Waals surface area contributed by atoms with E-state index in [1.807, 2.05) is 0 Å². The van der Waals surface area contributed by atoms with Gasteiger partial charge in [-0.3, -0.25) is 4.90 Å². The normalized spacial score (nSPS) is 15.4. The predicted molar refractivity (Wildman–Crippen MR) is 80.5 cm³/mol. The van der Waals surface area contributed by atoms with E-state index in [-0.39, 0.29) is 0 Å². The third-order valence-electron chi connectivity index (χ3n) is 3.66. The first-order valence-corrected chi connectivity index (χ1v) is 7.72. The zero-order valence-electron chi connectivity index (χ0n) is 13.1. The topological polar surface area (TPSA) is 44.5 Å². The molecule has 5 nitrogen and oxygen atoms in total. The molecular weight excluding hydrogens is 252 g/mol. The number of aromatic nitrogens is 1. The van der Waals surface area contributed by atoms with E-state index in [9.17, 15) is 0 Å². The molecule has 0 aliphatic heterocycles. The minimum Gasteiger partial charge on any atom is -0.360 e. The summed E-state index contributed by atoms with van der Waals surface area (Å²) in [4.78, 5) is 4.63. The van der Waals surface area contributed by atoms with Crippen LogP contribution in [0.1, 0.15) is 37.6 Å². The lowest BCUT2D eigenvalue weighted by molar-refractivity contribution is 0.228. The minimum absolute atomic E-state index is 0.716. The lowest BCUT2D eigenvalue weighted by Crippen LogP contribution is -2.26. The zero-order valence-corrected chi connectivity index (χ0v) is 13.1. The van der Waals surface area contributed by atoms with E-state index in [1.54, 1.807) is 0 Å². The molecule has 1 aliphatic rings. The van der Waals surface area contributed by atoms with E-state index in [0.717, 1.165) is 44.2 Å². The molecule has 0 spiro atoms. The van der Waals surface area contributed by atoms with E-state index in [2.05, 4.69) is 47.4 Å². The summed E-state index contributed by atoms with van der Waals surface area (Å²) in [5.74, 6) is 0.976. The fourth-order valence-electron chi connectivity index (χ4n) is 2.23. The molecule has 1 fully saturated rings. The molecule has 0 amide bonds. The Morgan fingerprint density at radius 2 is 2.15 bits per heavy atom. The molecule has 20 heavy (non-hydrogen) atoms. The van der Waals surface area contributed by atoms with Crippen molar-refractivity contribution < 1.29 is 4.52 Å².